The van der Waals surface area contributed by atoms with E-state index in [-0.39, 0.29) is 27.3 Å². The van der Waals surface area contributed by atoms with E-state index in [1.165, 1.54) is 0 Å². The molecule has 0 aliphatic heterocycles. The topological polar surface area (TPSA) is 59.1 Å². The molecule has 1 aromatic rings. The summed E-state index contributed by atoms with van der Waals surface area (Å²) in [6.07, 6.45) is -2.63. The first-order valence-electron chi connectivity index (χ1n) is 3.42. The molecular weight excluding hydrogens is 293 g/mol. The van der Waals surface area contributed by atoms with Crippen LogP contribution in [0.4, 0.5) is 8.78 Å². The maximum atomic E-state index is 12.3. The number of halogens is 3. The van der Waals surface area contributed by atoms with Gasteiger partial charge >= 0.3 is 0 Å². The largest absolute Gasteiger partial charge is 0.506 e. The highest BCUT2D eigenvalue weighted by atomic mass is 127. The Balaban J connectivity index is 3.20. The van der Waals surface area contributed by atoms with Gasteiger partial charge in [-0.1, -0.05) is 0 Å². The Kier molecular flexibility index (Phi) is 3.37. The van der Waals surface area contributed by atoms with Crippen molar-refractivity contribution >= 4 is 22.6 Å². The minimum absolute atomic E-state index is 0.0331. The van der Waals surface area contributed by atoms with Crippen LogP contribution in [0, 0.1) is 3.70 Å². The molecule has 1 aromatic heterocycles. The third kappa shape index (κ3) is 2.25. The zero-order chi connectivity index (χ0) is 10.0. The van der Waals surface area contributed by atoms with Gasteiger partial charge in [-0.3, -0.25) is 0 Å². The summed E-state index contributed by atoms with van der Waals surface area (Å²) in [7, 11) is 0. The van der Waals surface area contributed by atoms with Crippen molar-refractivity contribution in [2.24, 2.45) is 5.73 Å². The van der Waals surface area contributed by atoms with Crippen molar-refractivity contribution in [3.63, 3.8) is 0 Å². The van der Waals surface area contributed by atoms with Crippen LogP contribution in [0.5, 0.6) is 5.75 Å². The molecule has 0 aliphatic rings. The van der Waals surface area contributed by atoms with Crippen LogP contribution in [0.1, 0.15) is 17.7 Å². The second-order valence-electron chi connectivity index (χ2n) is 2.34. The molecule has 0 spiro atoms. The average molecular weight is 300 g/mol. The molecule has 1 heterocycles. The summed E-state index contributed by atoms with van der Waals surface area (Å²) in [4.78, 5) is 3.74. The summed E-state index contributed by atoms with van der Waals surface area (Å²) >= 11 is 1.68. The normalized spacial score (nSPS) is 10.8. The molecule has 0 fully saturated rings. The van der Waals surface area contributed by atoms with Crippen molar-refractivity contribution in [1.82, 2.24) is 4.98 Å². The Morgan fingerprint density at radius 2 is 2.23 bits per heavy atom. The number of aromatic hydroxyl groups is 1. The van der Waals surface area contributed by atoms with Gasteiger partial charge < -0.3 is 10.8 Å². The van der Waals surface area contributed by atoms with E-state index in [0.29, 0.717) is 0 Å². The molecule has 13 heavy (non-hydrogen) atoms. The summed E-state index contributed by atoms with van der Waals surface area (Å²) in [5.41, 5.74) is 5.19. The van der Waals surface area contributed by atoms with Crippen molar-refractivity contribution in [3.8, 4) is 5.75 Å². The summed E-state index contributed by atoms with van der Waals surface area (Å²) in [5, 5.41) is 9.19. The Hall–Kier alpha value is -0.500. The van der Waals surface area contributed by atoms with Gasteiger partial charge in [0, 0.05) is 6.54 Å². The maximum Gasteiger partial charge on any atom is 0.266 e. The van der Waals surface area contributed by atoms with Gasteiger partial charge in [-0.2, -0.15) is 0 Å². The lowest BCUT2D eigenvalue weighted by Gasteiger charge is -2.06. The molecule has 0 unspecified atom stereocenters. The number of pyridine rings is 1. The van der Waals surface area contributed by atoms with Crippen molar-refractivity contribution in [2.75, 3.05) is 0 Å². The van der Waals surface area contributed by atoms with Gasteiger partial charge in [0.25, 0.3) is 6.43 Å². The van der Waals surface area contributed by atoms with Gasteiger partial charge in [0.15, 0.2) is 0 Å². The molecule has 3 N–H and O–H groups in total. The second kappa shape index (κ2) is 4.14. The molecular formula is C7H7F2IN2O. The van der Waals surface area contributed by atoms with Crippen molar-refractivity contribution in [2.45, 2.75) is 13.0 Å². The summed E-state index contributed by atoms with van der Waals surface area (Å²) in [5.74, 6) is -0.279. The van der Waals surface area contributed by atoms with Gasteiger partial charge in [-0.05, 0) is 28.7 Å². The summed E-state index contributed by atoms with van der Waals surface area (Å²) in [6.45, 7) is 0.0331. The Morgan fingerprint density at radius 1 is 1.62 bits per heavy atom. The smallest absolute Gasteiger partial charge is 0.266 e. The molecule has 1 rings (SSSR count). The molecule has 0 atom stereocenters. The molecule has 0 amide bonds. The van der Waals surface area contributed by atoms with E-state index in [2.05, 4.69) is 4.98 Å². The number of aromatic nitrogens is 1. The Labute approximate surface area is 87.1 Å². The van der Waals surface area contributed by atoms with E-state index in [0.717, 1.165) is 6.07 Å². The summed E-state index contributed by atoms with van der Waals surface area (Å²) < 4.78 is 24.7. The van der Waals surface area contributed by atoms with Gasteiger partial charge in [0.1, 0.15) is 9.45 Å². The van der Waals surface area contributed by atoms with Crippen LogP contribution >= 0.6 is 22.6 Å². The van der Waals surface area contributed by atoms with Gasteiger partial charge in [-0.15, -0.1) is 0 Å². The van der Waals surface area contributed by atoms with Crippen molar-refractivity contribution in [1.29, 1.82) is 0 Å². The number of hydrogen-bond donors (Lipinski definition) is 2. The first kappa shape index (κ1) is 10.6. The van der Waals surface area contributed by atoms with E-state index < -0.39 is 6.43 Å². The number of rotatable bonds is 2. The lowest BCUT2D eigenvalue weighted by molar-refractivity contribution is 0.149. The molecule has 0 saturated heterocycles. The predicted octanol–water partition coefficient (Wildman–Crippen LogP) is 1.79. The monoisotopic (exact) mass is 300 g/mol. The number of alkyl halides is 2. The van der Waals surface area contributed by atoms with Crippen LogP contribution in [-0.4, -0.2) is 10.1 Å². The fourth-order valence-electron chi connectivity index (χ4n) is 0.834. The maximum absolute atomic E-state index is 12.3. The highest BCUT2D eigenvalue weighted by Crippen LogP contribution is 2.27. The molecule has 0 saturated carbocycles. The van der Waals surface area contributed by atoms with Gasteiger partial charge in [-0.25, -0.2) is 13.8 Å². The van der Waals surface area contributed by atoms with E-state index >= 15 is 0 Å². The fraction of sp³-hybridized carbons (Fsp3) is 0.286. The second-order valence-corrected chi connectivity index (χ2v) is 3.36. The van der Waals surface area contributed by atoms with E-state index in [1.54, 1.807) is 22.6 Å². The van der Waals surface area contributed by atoms with E-state index in [9.17, 15) is 13.9 Å². The minimum Gasteiger partial charge on any atom is -0.506 e. The van der Waals surface area contributed by atoms with Crippen LogP contribution in [0.2, 0.25) is 0 Å². The third-order valence-corrected chi connectivity index (χ3v) is 2.35. The van der Waals surface area contributed by atoms with Crippen LogP contribution in [0.15, 0.2) is 6.07 Å². The van der Waals surface area contributed by atoms with Crippen LogP contribution in [0.3, 0.4) is 0 Å². The summed E-state index contributed by atoms with van der Waals surface area (Å²) in [6, 6.07) is 1.00. The highest BCUT2D eigenvalue weighted by Gasteiger charge is 2.15. The molecule has 6 heteroatoms. The molecule has 0 aromatic carbocycles. The number of hydrogen-bond acceptors (Lipinski definition) is 3. The quantitative estimate of drug-likeness (QED) is 0.646. The first-order chi connectivity index (χ1) is 6.06. The third-order valence-electron chi connectivity index (χ3n) is 1.49. The molecule has 0 bridgehead atoms. The van der Waals surface area contributed by atoms with Crippen LogP contribution in [-0.2, 0) is 6.54 Å². The Morgan fingerprint density at radius 3 is 2.69 bits per heavy atom. The lowest BCUT2D eigenvalue weighted by atomic mass is 10.2. The molecule has 0 aliphatic carbocycles. The zero-order valence-corrected chi connectivity index (χ0v) is 8.62. The van der Waals surface area contributed by atoms with Crippen molar-refractivity contribution < 1.29 is 13.9 Å². The van der Waals surface area contributed by atoms with Gasteiger partial charge in [0.2, 0.25) is 0 Å². The zero-order valence-electron chi connectivity index (χ0n) is 6.47. The first-order valence-corrected chi connectivity index (χ1v) is 4.50. The van der Waals surface area contributed by atoms with Crippen LogP contribution < -0.4 is 5.73 Å². The van der Waals surface area contributed by atoms with E-state index in [4.69, 9.17) is 5.73 Å². The van der Waals surface area contributed by atoms with E-state index in [1.807, 2.05) is 0 Å². The number of nitrogens with zero attached hydrogens (tertiary/aromatic N) is 1. The average Bonchev–Trinajstić information content (AvgIpc) is 2.07. The molecule has 72 valence electrons. The van der Waals surface area contributed by atoms with Gasteiger partial charge in [0.05, 0.1) is 11.3 Å². The number of nitrogens with two attached hydrogens (primary N) is 1. The standard InChI is InChI=1S/C7H7F2IN2O/c8-6(9)3-1-5(13)4(2-11)12-7(3)10/h1,6,13H,2,11H2. The minimum atomic E-state index is -2.63. The van der Waals surface area contributed by atoms with Crippen molar-refractivity contribution in [3.05, 3.63) is 21.0 Å². The highest BCUT2D eigenvalue weighted by molar-refractivity contribution is 14.1. The lowest BCUT2D eigenvalue weighted by Crippen LogP contribution is -2.03. The molecule has 0 radical (unpaired) electrons. The molecule has 3 nitrogen and oxygen atoms in total. The fourth-order valence-corrected chi connectivity index (χ4v) is 1.52. The van der Waals surface area contributed by atoms with Crippen LogP contribution in [0.25, 0.3) is 0 Å². The SMILES string of the molecule is NCc1nc(I)c(C(F)F)cc1O. The predicted molar refractivity (Wildman–Crippen MR) is 51.5 cm³/mol. The Bertz CT molecular complexity index is 320.